The number of aromatic nitrogens is 4. The van der Waals surface area contributed by atoms with Crippen LogP contribution in [0.25, 0.3) is 11.1 Å². The zero-order valence-corrected chi connectivity index (χ0v) is 21.0. The molecule has 1 aliphatic carbocycles. The van der Waals surface area contributed by atoms with E-state index in [0.29, 0.717) is 22.7 Å². The molecule has 0 saturated heterocycles. The van der Waals surface area contributed by atoms with Gasteiger partial charge in [0.2, 0.25) is 5.13 Å². The molecule has 3 aromatic heterocycles. The number of ether oxygens (including phenoxy) is 2. The fourth-order valence-electron chi connectivity index (χ4n) is 4.26. The summed E-state index contributed by atoms with van der Waals surface area (Å²) in [6.45, 7) is 1.93. The van der Waals surface area contributed by atoms with Crippen LogP contribution < -0.4 is 14.8 Å². The van der Waals surface area contributed by atoms with Crippen molar-refractivity contribution in [1.29, 1.82) is 0 Å². The standard InChI is InChI=1S/C26H24FN5O4S/c1-14-11-17(23-19(27)5-3-8-22(23)35-2)18(12-28-14)24(34)30-25-31-32-26(37-25)36-13-15-9-10-16-20(29-15)6-4-7-21(16)33/h3,5,8-12,21,33H,4,6-7,13H2,1-2H3,(H,30,31,34)/t21-/m0/s1. The lowest BCUT2D eigenvalue weighted by Gasteiger charge is -2.20. The van der Waals surface area contributed by atoms with E-state index in [4.69, 9.17) is 9.47 Å². The molecule has 11 heteroatoms. The first-order valence-electron chi connectivity index (χ1n) is 11.7. The van der Waals surface area contributed by atoms with E-state index in [1.165, 1.54) is 25.4 Å². The van der Waals surface area contributed by atoms with Crippen molar-refractivity contribution in [2.75, 3.05) is 12.4 Å². The lowest BCUT2D eigenvalue weighted by Crippen LogP contribution is -2.14. The highest BCUT2D eigenvalue weighted by Gasteiger charge is 2.22. The number of anilines is 1. The number of aliphatic hydroxyl groups is 1. The number of nitrogens with zero attached hydrogens (tertiary/aromatic N) is 4. The van der Waals surface area contributed by atoms with Crippen molar-refractivity contribution in [3.05, 3.63) is 76.6 Å². The number of halogens is 1. The quantitative estimate of drug-likeness (QED) is 0.361. The maximum Gasteiger partial charge on any atom is 0.296 e. The Balaban J connectivity index is 1.31. The minimum atomic E-state index is -0.523. The van der Waals surface area contributed by atoms with Gasteiger partial charge in [-0.2, -0.15) is 0 Å². The molecule has 0 aliphatic heterocycles. The predicted molar refractivity (Wildman–Crippen MR) is 135 cm³/mol. The third kappa shape index (κ3) is 5.27. The monoisotopic (exact) mass is 521 g/mol. The van der Waals surface area contributed by atoms with Gasteiger partial charge in [0.05, 0.1) is 30.0 Å². The van der Waals surface area contributed by atoms with Gasteiger partial charge in [0.25, 0.3) is 11.1 Å². The Bertz CT molecular complexity index is 1460. The molecule has 5 rings (SSSR count). The highest BCUT2D eigenvalue weighted by Crippen LogP contribution is 2.35. The van der Waals surface area contributed by atoms with Crippen molar-refractivity contribution in [2.24, 2.45) is 0 Å². The summed E-state index contributed by atoms with van der Waals surface area (Å²) >= 11 is 1.06. The van der Waals surface area contributed by atoms with Crippen LogP contribution in [-0.4, -0.2) is 38.3 Å². The third-order valence-corrected chi connectivity index (χ3v) is 6.79. The van der Waals surface area contributed by atoms with Gasteiger partial charge < -0.3 is 14.6 Å². The lowest BCUT2D eigenvalue weighted by molar-refractivity contribution is 0.102. The summed E-state index contributed by atoms with van der Waals surface area (Å²) in [4.78, 5) is 21.9. The first-order chi connectivity index (χ1) is 17.9. The Morgan fingerprint density at radius 1 is 1.27 bits per heavy atom. The van der Waals surface area contributed by atoms with Crippen LogP contribution in [0.4, 0.5) is 9.52 Å². The number of nitrogens with one attached hydrogen (secondary N) is 1. The van der Waals surface area contributed by atoms with Gasteiger partial charge >= 0.3 is 0 Å². The first-order valence-corrected chi connectivity index (χ1v) is 12.5. The Morgan fingerprint density at radius 2 is 2.14 bits per heavy atom. The summed E-state index contributed by atoms with van der Waals surface area (Å²) in [5, 5.41) is 21.2. The second-order valence-electron chi connectivity index (χ2n) is 8.55. The number of pyridine rings is 2. The van der Waals surface area contributed by atoms with Gasteiger partial charge in [0.1, 0.15) is 18.2 Å². The van der Waals surface area contributed by atoms with E-state index in [1.807, 2.05) is 12.1 Å². The van der Waals surface area contributed by atoms with Crippen LogP contribution in [0.3, 0.4) is 0 Å². The first kappa shape index (κ1) is 24.7. The van der Waals surface area contributed by atoms with Crippen molar-refractivity contribution < 1.29 is 23.8 Å². The number of hydrogen-bond donors (Lipinski definition) is 2. The molecule has 0 radical (unpaired) electrons. The zero-order chi connectivity index (χ0) is 25.9. The third-order valence-electron chi connectivity index (χ3n) is 6.04. The number of aryl methyl sites for hydroxylation is 2. The molecule has 0 saturated carbocycles. The molecular weight excluding hydrogens is 497 g/mol. The largest absolute Gasteiger partial charge is 0.496 e. The van der Waals surface area contributed by atoms with Gasteiger partial charge in [-0.05, 0) is 61.8 Å². The highest BCUT2D eigenvalue weighted by molar-refractivity contribution is 7.17. The van der Waals surface area contributed by atoms with Crippen molar-refractivity contribution in [2.45, 2.75) is 38.9 Å². The summed E-state index contributed by atoms with van der Waals surface area (Å²) in [7, 11) is 1.44. The number of carbonyl (C=O) groups excluding carboxylic acids is 1. The van der Waals surface area contributed by atoms with Crippen LogP contribution in [-0.2, 0) is 13.0 Å². The second-order valence-corrected chi connectivity index (χ2v) is 9.49. The molecule has 0 unspecified atom stereocenters. The summed E-state index contributed by atoms with van der Waals surface area (Å²) < 4.78 is 25.8. The smallest absolute Gasteiger partial charge is 0.296 e. The molecule has 9 nitrogen and oxygen atoms in total. The molecule has 3 heterocycles. The summed E-state index contributed by atoms with van der Waals surface area (Å²) in [6.07, 6.45) is 3.39. The fraction of sp³-hybridized carbons (Fsp3) is 0.269. The Hall–Kier alpha value is -3.96. The summed E-state index contributed by atoms with van der Waals surface area (Å²) in [5.74, 6) is -0.738. The van der Waals surface area contributed by atoms with Crippen molar-refractivity contribution >= 4 is 22.4 Å². The maximum atomic E-state index is 14.8. The molecule has 0 bridgehead atoms. The number of aliphatic hydroxyl groups excluding tert-OH is 1. The number of fused-ring (bicyclic) bond motifs is 1. The van der Waals surface area contributed by atoms with Crippen LogP contribution in [0.2, 0.25) is 0 Å². The maximum absolute atomic E-state index is 14.8. The molecule has 0 fully saturated rings. The Morgan fingerprint density at radius 3 is 2.97 bits per heavy atom. The van der Waals surface area contributed by atoms with E-state index in [9.17, 15) is 14.3 Å². The van der Waals surface area contributed by atoms with Crippen LogP contribution in [0.5, 0.6) is 10.9 Å². The second kappa shape index (κ2) is 10.6. The average Bonchev–Trinajstić information content (AvgIpc) is 3.34. The van der Waals surface area contributed by atoms with Crippen LogP contribution in [0.15, 0.2) is 42.6 Å². The predicted octanol–water partition coefficient (Wildman–Crippen LogP) is 4.65. The molecule has 190 valence electrons. The summed E-state index contributed by atoms with van der Waals surface area (Å²) in [6, 6.07) is 9.81. The van der Waals surface area contributed by atoms with E-state index in [2.05, 4.69) is 25.5 Å². The zero-order valence-electron chi connectivity index (χ0n) is 20.2. The highest BCUT2D eigenvalue weighted by atomic mass is 32.1. The van der Waals surface area contributed by atoms with Gasteiger partial charge in [-0.1, -0.05) is 17.2 Å². The van der Waals surface area contributed by atoms with E-state index < -0.39 is 17.8 Å². The lowest BCUT2D eigenvalue weighted by atomic mass is 9.93. The van der Waals surface area contributed by atoms with Gasteiger partial charge in [-0.3, -0.25) is 20.1 Å². The van der Waals surface area contributed by atoms with Crippen LogP contribution in [0.1, 0.15) is 51.9 Å². The van der Waals surface area contributed by atoms with Gasteiger partial charge in [-0.15, -0.1) is 5.10 Å². The van der Waals surface area contributed by atoms with Crippen molar-refractivity contribution in [3.8, 4) is 22.1 Å². The van der Waals surface area contributed by atoms with E-state index in [0.717, 1.165) is 41.9 Å². The van der Waals surface area contributed by atoms with Crippen molar-refractivity contribution in [1.82, 2.24) is 20.2 Å². The molecular formula is C26H24FN5O4S. The number of carbonyl (C=O) groups is 1. The number of methoxy groups -OCH3 is 1. The van der Waals surface area contributed by atoms with Crippen LogP contribution in [0, 0.1) is 12.7 Å². The van der Waals surface area contributed by atoms with Gasteiger partial charge in [0.15, 0.2) is 0 Å². The van der Waals surface area contributed by atoms with Gasteiger partial charge in [0, 0.05) is 28.7 Å². The van der Waals surface area contributed by atoms with E-state index in [-0.39, 0.29) is 28.1 Å². The normalized spacial score (nSPS) is 14.6. The molecule has 1 aliphatic rings. The number of benzene rings is 1. The number of rotatable bonds is 7. The minimum Gasteiger partial charge on any atom is -0.496 e. The Labute approximate surface area is 216 Å². The molecule has 4 aromatic rings. The topological polar surface area (TPSA) is 119 Å². The van der Waals surface area contributed by atoms with Crippen molar-refractivity contribution in [3.63, 3.8) is 0 Å². The molecule has 2 N–H and O–H groups in total. The molecule has 37 heavy (non-hydrogen) atoms. The van der Waals surface area contributed by atoms with Crippen LogP contribution >= 0.6 is 11.3 Å². The fourth-order valence-corrected chi connectivity index (χ4v) is 4.85. The number of hydrogen-bond acceptors (Lipinski definition) is 9. The van der Waals surface area contributed by atoms with E-state index >= 15 is 0 Å². The van der Waals surface area contributed by atoms with E-state index in [1.54, 1.807) is 19.1 Å². The molecule has 0 spiro atoms. The van der Waals surface area contributed by atoms with Gasteiger partial charge in [-0.25, -0.2) is 4.39 Å². The summed E-state index contributed by atoms with van der Waals surface area (Å²) in [5.41, 5.74) is 3.77. The number of amides is 1. The molecule has 1 aromatic carbocycles. The molecule has 1 amide bonds. The minimum absolute atomic E-state index is 0.159. The molecule has 1 atom stereocenters. The Kier molecular flexibility index (Phi) is 7.06. The average molecular weight is 522 g/mol. The SMILES string of the molecule is COc1cccc(F)c1-c1cc(C)ncc1C(=O)Nc1nnc(OCc2ccc3c(n2)CCC[C@@H]3O)s1.